The molecule has 0 aliphatic carbocycles. The zero-order chi connectivity index (χ0) is 22.5. The second-order valence-corrected chi connectivity index (χ2v) is 7.79. The van der Waals surface area contributed by atoms with Crippen molar-refractivity contribution in [3.8, 4) is 11.4 Å². The Labute approximate surface area is 183 Å². The summed E-state index contributed by atoms with van der Waals surface area (Å²) in [5, 5.41) is 15.9. The molecule has 0 amide bonds. The average molecular weight is 431 g/mol. The third-order valence-corrected chi connectivity index (χ3v) is 6.09. The molecule has 1 aromatic carbocycles. The van der Waals surface area contributed by atoms with Gasteiger partial charge in [0.25, 0.3) is 5.56 Å². The van der Waals surface area contributed by atoms with Crippen molar-refractivity contribution in [2.45, 2.75) is 32.1 Å². The maximum atomic E-state index is 13.4. The normalized spacial score (nSPS) is 18.9. The molecule has 0 saturated carbocycles. The Bertz CT molecular complexity index is 1370. The van der Waals surface area contributed by atoms with E-state index in [0.29, 0.717) is 22.5 Å². The third-order valence-electron chi connectivity index (χ3n) is 6.09. The van der Waals surface area contributed by atoms with Crippen molar-refractivity contribution in [3.05, 3.63) is 75.6 Å². The molecule has 1 N–H and O–H groups in total. The monoisotopic (exact) mass is 431 g/mol. The number of aliphatic hydroxyl groups is 1. The first-order chi connectivity index (χ1) is 15.5. The summed E-state index contributed by atoms with van der Waals surface area (Å²) in [5.41, 5.74) is 1.95. The number of esters is 1. The van der Waals surface area contributed by atoms with Crippen molar-refractivity contribution in [2.24, 2.45) is 5.16 Å². The number of para-hydroxylation sites is 1. The highest BCUT2D eigenvalue weighted by molar-refractivity contribution is 6.02. The minimum atomic E-state index is -1.86. The molecule has 0 bridgehead atoms. The van der Waals surface area contributed by atoms with Crippen molar-refractivity contribution in [1.29, 1.82) is 0 Å². The van der Waals surface area contributed by atoms with Crippen LogP contribution in [0.2, 0.25) is 0 Å². The lowest BCUT2D eigenvalue weighted by molar-refractivity contribution is -0.172. The summed E-state index contributed by atoms with van der Waals surface area (Å²) in [5.74, 6) is -0.742. The lowest BCUT2D eigenvalue weighted by Crippen LogP contribution is -2.44. The third kappa shape index (κ3) is 2.80. The molecular weight excluding hydrogens is 410 g/mol. The van der Waals surface area contributed by atoms with Gasteiger partial charge in [-0.1, -0.05) is 42.9 Å². The number of carbonyl (C=O) groups excluding carboxylic acids is 1. The fourth-order valence-corrected chi connectivity index (χ4v) is 4.39. The number of ether oxygens (including phenoxy) is 1. The molecule has 1 atom stereocenters. The van der Waals surface area contributed by atoms with Gasteiger partial charge in [-0.25, -0.2) is 9.78 Å². The lowest BCUT2D eigenvalue weighted by Gasteiger charge is -2.31. The number of rotatable bonds is 5. The van der Waals surface area contributed by atoms with Gasteiger partial charge >= 0.3 is 5.97 Å². The van der Waals surface area contributed by atoms with Crippen LogP contribution in [0.15, 0.2) is 52.9 Å². The SMILES string of the molecule is C=CCON=Cc1c2c(nc3ccccc13)-c1cc3c(c(=O)n1C2)COC(=O)[C@]3(O)CC. The average Bonchev–Trinajstić information content (AvgIpc) is 3.17. The van der Waals surface area contributed by atoms with E-state index >= 15 is 0 Å². The van der Waals surface area contributed by atoms with E-state index in [9.17, 15) is 14.7 Å². The highest BCUT2D eigenvalue weighted by Crippen LogP contribution is 2.39. The fourth-order valence-electron chi connectivity index (χ4n) is 4.39. The molecule has 8 nitrogen and oxygen atoms in total. The molecular formula is C24H21N3O5. The molecule has 2 aromatic heterocycles. The summed E-state index contributed by atoms with van der Waals surface area (Å²) >= 11 is 0. The molecule has 0 spiro atoms. The van der Waals surface area contributed by atoms with E-state index in [1.807, 2.05) is 24.3 Å². The summed E-state index contributed by atoms with van der Waals surface area (Å²) in [6, 6.07) is 9.32. The number of fused-ring (bicyclic) bond motifs is 5. The quantitative estimate of drug-likeness (QED) is 0.171. The van der Waals surface area contributed by atoms with E-state index in [1.54, 1.807) is 29.8 Å². The predicted octanol–water partition coefficient (Wildman–Crippen LogP) is 2.62. The number of oxime groups is 1. The van der Waals surface area contributed by atoms with Gasteiger partial charge in [-0.15, -0.1) is 0 Å². The number of pyridine rings is 2. The van der Waals surface area contributed by atoms with Crippen LogP contribution in [0.25, 0.3) is 22.3 Å². The Hall–Kier alpha value is -3.78. The second kappa shape index (κ2) is 7.42. The van der Waals surface area contributed by atoms with Gasteiger partial charge in [0.1, 0.15) is 13.2 Å². The standard InChI is InChI=1S/C24H21N3O5/c1-3-9-32-25-11-15-14-7-5-6-8-19(14)26-21-16(15)12-27-20(21)10-18-17(22(27)28)13-31-23(29)24(18,30)4-2/h3,5-8,10-11,30H,1,4,9,12-13H2,2H3/t24-/m0/s1. The van der Waals surface area contributed by atoms with E-state index in [4.69, 9.17) is 14.6 Å². The van der Waals surface area contributed by atoms with Gasteiger partial charge in [0, 0.05) is 22.1 Å². The molecule has 8 heteroatoms. The molecule has 2 aliphatic rings. The maximum Gasteiger partial charge on any atom is 0.343 e. The van der Waals surface area contributed by atoms with Crippen LogP contribution in [0.4, 0.5) is 0 Å². The molecule has 162 valence electrons. The zero-order valence-corrected chi connectivity index (χ0v) is 17.5. The topological polar surface area (TPSA) is 103 Å². The van der Waals surface area contributed by atoms with Crippen LogP contribution in [0.5, 0.6) is 0 Å². The van der Waals surface area contributed by atoms with Crippen molar-refractivity contribution >= 4 is 23.1 Å². The smallest absolute Gasteiger partial charge is 0.343 e. The van der Waals surface area contributed by atoms with E-state index in [2.05, 4.69) is 11.7 Å². The van der Waals surface area contributed by atoms with E-state index in [0.717, 1.165) is 22.0 Å². The van der Waals surface area contributed by atoms with Gasteiger partial charge in [0.05, 0.1) is 35.2 Å². The number of aromatic nitrogens is 2. The number of carbonyl (C=O) groups is 1. The van der Waals surface area contributed by atoms with Crippen LogP contribution >= 0.6 is 0 Å². The molecule has 0 unspecified atom stereocenters. The largest absolute Gasteiger partial charge is 0.458 e. The Morgan fingerprint density at radius 3 is 2.94 bits per heavy atom. The minimum Gasteiger partial charge on any atom is -0.458 e. The first kappa shape index (κ1) is 20.1. The Kier molecular flexibility index (Phi) is 4.67. The van der Waals surface area contributed by atoms with E-state index in [-0.39, 0.29) is 31.7 Å². The van der Waals surface area contributed by atoms with Crippen molar-refractivity contribution in [1.82, 2.24) is 9.55 Å². The van der Waals surface area contributed by atoms with Gasteiger partial charge in [-0.3, -0.25) is 4.79 Å². The molecule has 0 radical (unpaired) electrons. The van der Waals surface area contributed by atoms with Crippen LogP contribution in [-0.4, -0.2) is 33.4 Å². The summed E-state index contributed by atoms with van der Waals surface area (Å²) < 4.78 is 6.73. The van der Waals surface area contributed by atoms with Crippen LogP contribution in [0, 0.1) is 0 Å². The Balaban J connectivity index is 1.76. The fraction of sp³-hybridized carbons (Fsp3) is 0.250. The molecule has 0 saturated heterocycles. The van der Waals surface area contributed by atoms with Crippen LogP contribution in [0.3, 0.4) is 0 Å². The number of hydrogen-bond acceptors (Lipinski definition) is 7. The van der Waals surface area contributed by atoms with Crippen LogP contribution in [-0.2, 0) is 33.1 Å². The Morgan fingerprint density at radius 2 is 2.16 bits per heavy atom. The first-order valence-corrected chi connectivity index (χ1v) is 10.3. The number of benzene rings is 1. The van der Waals surface area contributed by atoms with Crippen molar-refractivity contribution in [2.75, 3.05) is 6.61 Å². The van der Waals surface area contributed by atoms with Gasteiger partial charge in [-0.2, -0.15) is 0 Å². The van der Waals surface area contributed by atoms with Gasteiger partial charge in [0.15, 0.2) is 5.60 Å². The number of hydrogen-bond donors (Lipinski definition) is 1. The van der Waals surface area contributed by atoms with Gasteiger partial charge in [-0.05, 0) is 18.6 Å². The van der Waals surface area contributed by atoms with E-state index in [1.165, 1.54) is 0 Å². The summed E-state index contributed by atoms with van der Waals surface area (Å²) in [7, 11) is 0. The molecule has 3 aromatic rings. The van der Waals surface area contributed by atoms with Crippen LogP contribution in [0.1, 0.15) is 35.6 Å². The number of cyclic esters (lactones) is 1. The summed E-state index contributed by atoms with van der Waals surface area (Å²) in [4.78, 5) is 35.7. The Morgan fingerprint density at radius 1 is 1.34 bits per heavy atom. The maximum absolute atomic E-state index is 13.4. The second-order valence-electron chi connectivity index (χ2n) is 7.79. The van der Waals surface area contributed by atoms with Gasteiger partial charge < -0.3 is 19.2 Å². The van der Waals surface area contributed by atoms with Crippen LogP contribution < -0.4 is 5.56 Å². The lowest BCUT2D eigenvalue weighted by atomic mass is 9.86. The number of nitrogens with zero attached hydrogens (tertiary/aromatic N) is 3. The van der Waals surface area contributed by atoms with E-state index < -0.39 is 11.6 Å². The molecule has 2 aliphatic heterocycles. The molecule has 5 rings (SSSR count). The molecule has 4 heterocycles. The first-order valence-electron chi connectivity index (χ1n) is 10.3. The minimum absolute atomic E-state index is 0.0955. The van der Waals surface area contributed by atoms with Crippen molar-refractivity contribution < 1.29 is 19.5 Å². The highest BCUT2D eigenvalue weighted by atomic mass is 16.6. The predicted molar refractivity (Wildman–Crippen MR) is 118 cm³/mol. The molecule has 32 heavy (non-hydrogen) atoms. The highest BCUT2D eigenvalue weighted by Gasteiger charge is 2.45. The zero-order valence-electron chi connectivity index (χ0n) is 17.5. The summed E-state index contributed by atoms with van der Waals surface area (Å²) in [6.45, 7) is 5.69. The van der Waals surface area contributed by atoms with Crippen molar-refractivity contribution in [3.63, 3.8) is 0 Å². The molecule has 0 fully saturated rings. The summed E-state index contributed by atoms with van der Waals surface area (Å²) in [6.07, 6.45) is 3.32. The van der Waals surface area contributed by atoms with Gasteiger partial charge in [0.2, 0.25) is 0 Å².